The van der Waals surface area contributed by atoms with Gasteiger partial charge in [-0.05, 0) is 81.8 Å². The summed E-state index contributed by atoms with van der Waals surface area (Å²) in [6.07, 6.45) is -6.69. The molecule has 2 aliphatic rings. The summed E-state index contributed by atoms with van der Waals surface area (Å²) in [5.41, 5.74) is -3.52. The van der Waals surface area contributed by atoms with Crippen LogP contribution < -0.4 is 10.4 Å². The summed E-state index contributed by atoms with van der Waals surface area (Å²) in [6.45, 7) is 16.2. The SMILES string of the molecule is [C-]#[N+]C([N+]#[C-])=C1Cc2c(-c3cc(F)c(F)c(F)c3)c3c(c(-c4cc(F)c(F)c(F)c4)c2=C1C)CC(=C(C#N)C#N)C=3OC(F)(F)F. The Bertz CT molecular complexity index is 2210. The van der Waals surface area contributed by atoms with E-state index < -0.39 is 98.7 Å². The van der Waals surface area contributed by atoms with Gasteiger partial charge in [-0.25, -0.2) is 26.3 Å². The second-order valence-corrected chi connectivity index (χ2v) is 9.92. The van der Waals surface area contributed by atoms with Gasteiger partial charge in [0.2, 0.25) is 0 Å². The summed E-state index contributed by atoms with van der Waals surface area (Å²) in [6, 6.07) is 4.90. The molecule has 0 fully saturated rings. The lowest BCUT2D eigenvalue weighted by Crippen LogP contribution is -2.26. The molecule has 3 aromatic rings. The molecule has 14 heteroatoms. The number of ether oxygens (including phenoxy) is 1. The van der Waals surface area contributed by atoms with Gasteiger partial charge in [-0.1, -0.05) is 0 Å². The number of hydrogen-bond acceptors (Lipinski definition) is 3. The van der Waals surface area contributed by atoms with Gasteiger partial charge in [0.15, 0.2) is 34.9 Å². The molecule has 5 rings (SSSR count). The lowest BCUT2D eigenvalue weighted by atomic mass is 9.86. The van der Waals surface area contributed by atoms with Crippen LogP contribution in [0.5, 0.6) is 0 Å². The summed E-state index contributed by atoms with van der Waals surface area (Å²) in [4.78, 5) is 6.33. The molecule has 0 atom stereocenters. The average Bonchev–Trinajstić information content (AvgIpc) is 3.51. The highest BCUT2D eigenvalue weighted by Gasteiger charge is 2.40. The van der Waals surface area contributed by atoms with Gasteiger partial charge in [-0.2, -0.15) is 20.2 Å². The number of alkyl halides is 3. The van der Waals surface area contributed by atoms with Crippen LogP contribution in [0.1, 0.15) is 18.1 Å². The average molecular weight is 638 g/mol. The van der Waals surface area contributed by atoms with Gasteiger partial charge in [-0.3, -0.25) is 0 Å². The highest BCUT2D eigenvalue weighted by Crippen LogP contribution is 2.41. The Balaban J connectivity index is 2.18. The van der Waals surface area contributed by atoms with Crippen molar-refractivity contribution in [2.24, 2.45) is 0 Å². The van der Waals surface area contributed by atoms with Crippen molar-refractivity contribution >= 4 is 11.3 Å². The predicted molar refractivity (Wildman–Crippen MR) is 142 cm³/mol. The monoisotopic (exact) mass is 638 g/mol. The molecule has 2 aliphatic carbocycles. The Hall–Kier alpha value is -5.99. The topological polar surface area (TPSA) is 65.5 Å². The molecule has 0 saturated carbocycles. The molecule has 0 amide bonds. The maximum atomic E-state index is 14.6. The van der Waals surface area contributed by atoms with Gasteiger partial charge in [0.05, 0.1) is 5.57 Å². The molecule has 0 aliphatic heterocycles. The molecule has 0 radical (unpaired) electrons. The first kappa shape index (κ1) is 31.4. The van der Waals surface area contributed by atoms with Gasteiger partial charge < -0.3 is 4.74 Å². The largest absolute Gasteiger partial charge is 0.573 e. The van der Waals surface area contributed by atoms with Crippen LogP contribution in [0.3, 0.4) is 0 Å². The molecule has 0 spiro atoms. The quantitative estimate of drug-likeness (QED) is 0.132. The number of benzene rings is 3. The lowest BCUT2D eigenvalue weighted by molar-refractivity contribution is -0.290. The van der Waals surface area contributed by atoms with E-state index in [1.165, 1.54) is 19.1 Å². The molecule has 5 nitrogen and oxygen atoms in total. The van der Waals surface area contributed by atoms with E-state index in [0.717, 1.165) is 0 Å². The van der Waals surface area contributed by atoms with E-state index in [4.69, 9.17) is 13.1 Å². The van der Waals surface area contributed by atoms with E-state index >= 15 is 0 Å². The first-order valence-electron chi connectivity index (χ1n) is 12.7. The molecule has 0 heterocycles. The number of nitrogens with zero attached hydrogens (tertiary/aromatic N) is 4. The van der Waals surface area contributed by atoms with Crippen molar-refractivity contribution in [3.05, 3.63) is 126 Å². The number of rotatable bonds is 3. The molecule has 0 N–H and O–H groups in total. The summed E-state index contributed by atoms with van der Waals surface area (Å²) in [5, 5.41) is 18.5. The Morgan fingerprint density at radius 3 is 1.57 bits per heavy atom. The van der Waals surface area contributed by atoms with E-state index in [1.54, 1.807) is 0 Å². The minimum absolute atomic E-state index is 0.000999. The fourth-order valence-corrected chi connectivity index (χ4v) is 5.77. The van der Waals surface area contributed by atoms with Gasteiger partial charge in [0.25, 0.3) is 0 Å². The molecule has 46 heavy (non-hydrogen) atoms. The first-order chi connectivity index (χ1) is 21.7. The van der Waals surface area contributed by atoms with E-state index in [1.807, 2.05) is 0 Å². The van der Waals surface area contributed by atoms with Crippen LogP contribution in [0.25, 0.3) is 43.3 Å². The van der Waals surface area contributed by atoms with Crippen molar-refractivity contribution < 1.29 is 44.3 Å². The zero-order valence-corrected chi connectivity index (χ0v) is 22.8. The van der Waals surface area contributed by atoms with Gasteiger partial charge >= 0.3 is 12.2 Å². The summed E-state index contributed by atoms with van der Waals surface area (Å²) < 4.78 is 133. The van der Waals surface area contributed by atoms with Crippen LogP contribution in [0.4, 0.5) is 39.5 Å². The third-order valence-electron chi connectivity index (χ3n) is 7.51. The van der Waals surface area contributed by atoms with Crippen LogP contribution in [0, 0.1) is 70.7 Å². The number of hydrogen-bond donors (Lipinski definition) is 0. The number of halogens is 9. The Morgan fingerprint density at radius 2 is 1.15 bits per heavy atom. The Kier molecular flexibility index (Phi) is 7.64. The third kappa shape index (κ3) is 4.91. The van der Waals surface area contributed by atoms with E-state index in [0.29, 0.717) is 24.3 Å². The molecule has 3 aromatic carbocycles. The minimum Gasteiger partial charge on any atom is -0.405 e. The third-order valence-corrected chi connectivity index (χ3v) is 7.51. The maximum absolute atomic E-state index is 14.6. The molecule has 0 unspecified atom stereocenters. The summed E-state index contributed by atoms with van der Waals surface area (Å²) in [7, 11) is 0. The minimum atomic E-state index is -5.49. The number of nitriles is 2. The second kappa shape index (κ2) is 11.2. The molecular formula is C32H11F9N4O. The van der Waals surface area contributed by atoms with Crippen LogP contribution >= 0.6 is 0 Å². The van der Waals surface area contributed by atoms with E-state index in [2.05, 4.69) is 14.4 Å². The zero-order chi connectivity index (χ0) is 33.8. The van der Waals surface area contributed by atoms with Crippen molar-refractivity contribution in [2.45, 2.75) is 26.1 Å². The first-order valence-corrected chi connectivity index (χ1v) is 12.7. The normalized spacial score (nSPS) is 13.4. The molecule has 228 valence electrons. The predicted octanol–water partition coefficient (Wildman–Crippen LogP) is 7.18. The molecule has 0 bridgehead atoms. The summed E-state index contributed by atoms with van der Waals surface area (Å²) in [5.74, 6) is -12.3. The maximum Gasteiger partial charge on any atom is 0.573 e. The Labute approximate surface area is 252 Å². The van der Waals surface area contributed by atoms with E-state index in [9.17, 15) is 50.0 Å². The van der Waals surface area contributed by atoms with E-state index in [-0.39, 0.29) is 33.1 Å². The fraction of sp³-hybridized carbons (Fsp3) is 0.125. The summed E-state index contributed by atoms with van der Waals surface area (Å²) >= 11 is 0. The van der Waals surface area contributed by atoms with Crippen molar-refractivity contribution in [2.75, 3.05) is 0 Å². The van der Waals surface area contributed by atoms with Crippen molar-refractivity contribution in [3.8, 4) is 34.4 Å². The second-order valence-electron chi connectivity index (χ2n) is 9.92. The zero-order valence-electron chi connectivity index (χ0n) is 22.8. The molecule has 0 saturated heterocycles. The van der Waals surface area contributed by atoms with Crippen molar-refractivity contribution in [1.29, 1.82) is 10.5 Å². The smallest absolute Gasteiger partial charge is 0.405 e. The number of allylic oxidation sites excluding steroid dienone is 2. The van der Waals surface area contributed by atoms with Gasteiger partial charge in [0.1, 0.15) is 36.6 Å². The highest BCUT2D eigenvalue weighted by molar-refractivity contribution is 5.91. The standard InChI is InChI=1S/C32H11F9N4O/c1-12-16(31(44-2)45-3)8-18-24(12)25(13-4-20(33)28(37)21(34)5-13)19-9-17(15(10-42)11-43)30(46-32(39,40)41)27(19)26(18)14-6-22(35)29(38)23(36)7-14/h4-7H,8-9H2,1H3. The Morgan fingerprint density at radius 1 is 0.739 bits per heavy atom. The van der Waals surface area contributed by atoms with Crippen LogP contribution in [0.15, 0.2) is 46.8 Å². The molecular weight excluding hydrogens is 627 g/mol. The highest BCUT2D eigenvalue weighted by atomic mass is 19.4. The van der Waals surface area contributed by atoms with Crippen LogP contribution in [-0.2, 0) is 17.6 Å². The number of fused-ring (bicyclic) bond motifs is 2. The van der Waals surface area contributed by atoms with Crippen molar-refractivity contribution in [1.82, 2.24) is 0 Å². The van der Waals surface area contributed by atoms with Crippen molar-refractivity contribution in [3.63, 3.8) is 0 Å². The lowest BCUT2D eigenvalue weighted by Gasteiger charge is -2.18. The fourth-order valence-electron chi connectivity index (χ4n) is 5.77. The van der Waals surface area contributed by atoms with Gasteiger partial charge in [0, 0.05) is 17.2 Å². The van der Waals surface area contributed by atoms with Gasteiger partial charge in [-0.15, -0.1) is 13.2 Å². The van der Waals surface area contributed by atoms with Crippen LogP contribution in [-0.4, -0.2) is 6.36 Å². The molecule has 0 aromatic heterocycles. The van der Waals surface area contributed by atoms with Crippen LogP contribution in [0.2, 0.25) is 0 Å².